The molecule has 0 radical (unpaired) electrons. The molecule has 1 heterocycles. The van der Waals surface area contributed by atoms with Crippen molar-refractivity contribution in [3.05, 3.63) is 42.0 Å². The predicted molar refractivity (Wildman–Crippen MR) is 106 cm³/mol. The minimum Gasteiger partial charge on any atom is -0.490 e. The Kier molecular flexibility index (Phi) is 9.10. The van der Waals surface area contributed by atoms with E-state index in [2.05, 4.69) is 50.3 Å². The monoisotopic (exact) mass is 344 g/mol. The van der Waals surface area contributed by atoms with Crippen LogP contribution in [0.3, 0.4) is 0 Å². The molecule has 0 amide bonds. The number of allylic oxidation sites excluding steroid dienone is 2. The maximum atomic E-state index is 5.98. The molecular weight excluding hydrogens is 308 g/mol. The van der Waals surface area contributed by atoms with Gasteiger partial charge < -0.3 is 9.47 Å². The van der Waals surface area contributed by atoms with Crippen molar-refractivity contribution >= 4 is 0 Å². The molecule has 1 aliphatic heterocycles. The largest absolute Gasteiger partial charge is 0.490 e. The van der Waals surface area contributed by atoms with Gasteiger partial charge in [0.2, 0.25) is 0 Å². The van der Waals surface area contributed by atoms with E-state index in [0.717, 1.165) is 18.8 Å². The van der Waals surface area contributed by atoms with Crippen molar-refractivity contribution in [3.63, 3.8) is 0 Å². The molecule has 25 heavy (non-hydrogen) atoms. The summed E-state index contributed by atoms with van der Waals surface area (Å²) in [4.78, 5) is 0. The molecule has 0 saturated carbocycles. The van der Waals surface area contributed by atoms with E-state index < -0.39 is 0 Å². The Balaban J connectivity index is 1.52. The Morgan fingerprint density at radius 2 is 1.68 bits per heavy atom. The maximum absolute atomic E-state index is 5.98. The highest BCUT2D eigenvalue weighted by Crippen LogP contribution is 2.28. The number of rotatable bonds is 14. The number of hydrogen-bond donors (Lipinski definition) is 0. The summed E-state index contributed by atoms with van der Waals surface area (Å²) in [5, 5.41) is 0. The van der Waals surface area contributed by atoms with E-state index in [1.165, 1.54) is 63.4 Å². The normalized spacial score (nSPS) is 19.4. The highest BCUT2D eigenvalue weighted by atomic mass is 16.6. The lowest BCUT2D eigenvalue weighted by Gasteiger charge is -2.13. The molecule has 0 aliphatic carbocycles. The molecule has 140 valence electrons. The van der Waals surface area contributed by atoms with Crippen LogP contribution >= 0.6 is 0 Å². The molecule has 1 fully saturated rings. The zero-order valence-electron chi connectivity index (χ0n) is 16.3. The van der Waals surface area contributed by atoms with Crippen LogP contribution in [0.15, 0.2) is 36.4 Å². The quantitative estimate of drug-likeness (QED) is 0.219. The Morgan fingerprint density at radius 1 is 1.00 bits per heavy atom. The van der Waals surface area contributed by atoms with Gasteiger partial charge in [-0.15, -0.1) is 0 Å². The molecule has 1 aromatic rings. The molecule has 1 aliphatic rings. The van der Waals surface area contributed by atoms with E-state index >= 15 is 0 Å². The Bertz CT molecular complexity index is 503. The molecular formula is C23H36O2. The number of epoxide rings is 1. The summed E-state index contributed by atoms with van der Waals surface area (Å²) in [6, 6.07) is 8.47. The van der Waals surface area contributed by atoms with E-state index in [1.807, 2.05) is 0 Å². The van der Waals surface area contributed by atoms with Crippen molar-refractivity contribution < 1.29 is 9.47 Å². The first-order valence-electron chi connectivity index (χ1n) is 10.2. The molecule has 2 rings (SSSR count). The SMILES string of the molecule is CC/C=C/CCCCCCCCCc1ccccc1OCC1(C)CO1. The van der Waals surface area contributed by atoms with Gasteiger partial charge in [0.15, 0.2) is 0 Å². The van der Waals surface area contributed by atoms with Gasteiger partial charge in [0.25, 0.3) is 0 Å². The van der Waals surface area contributed by atoms with Crippen LogP contribution in [0.5, 0.6) is 5.75 Å². The first-order chi connectivity index (χ1) is 12.2. The van der Waals surface area contributed by atoms with Gasteiger partial charge in [0.05, 0.1) is 6.61 Å². The van der Waals surface area contributed by atoms with Crippen molar-refractivity contribution in [2.45, 2.75) is 83.7 Å². The number of ether oxygens (including phenoxy) is 2. The van der Waals surface area contributed by atoms with Crippen LogP contribution in [-0.2, 0) is 11.2 Å². The van der Waals surface area contributed by atoms with Crippen LogP contribution in [0.25, 0.3) is 0 Å². The van der Waals surface area contributed by atoms with Crippen LogP contribution in [0.4, 0.5) is 0 Å². The molecule has 0 aromatic heterocycles. The fourth-order valence-corrected chi connectivity index (χ4v) is 3.03. The second-order valence-corrected chi connectivity index (χ2v) is 7.53. The molecule has 1 unspecified atom stereocenters. The van der Waals surface area contributed by atoms with Crippen molar-refractivity contribution in [2.75, 3.05) is 13.2 Å². The zero-order chi connectivity index (χ0) is 17.8. The summed E-state index contributed by atoms with van der Waals surface area (Å²) in [5.74, 6) is 1.04. The van der Waals surface area contributed by atoms with Crippen molar-refractivity contribution in [2.24, 2.45) is 0 Å². The Morgan fingerprint density at radius 3 is 2.40 bits per heavy atom. The molecule has 1 atom stereocenters. The Hall–Kier alpha value is -1.28. The third kappa shape index (κ3) is 8.58. The zero-order valence-corrected chi connectivity index (χ0v) is 16.3. The van der Waals surface area contributed by atoms with Gasteiger partial charge in [-0.05, 0) is 50.7 Å². The summed E-state index contributed by atoms with van der Waals surface area (Å²) >= 11 is 0. The second kappa shape index (κ2) is 11.4. The van der Waals surface area contributed by atoms with Crippen molar-refractivity contribution in [1.82, 2.24) is 0 Å². The van der Waals surface area contributed by atoms with E-state index in [-0.39, 0.29) is 5.60 Å². The van der Waals surface area contributed by atoms with Gasteiger partial charge in [-0.3, -0.25) is 0 Å². The fraction of sp³-hybridized carbons (Fsp3) is 0.652. The predicted octanol–water partition coefficient (Wildman–Crippen LogP) is 6.48. The smallest absolute Gasteiger partial charge is 0.123 e. The highest BCUT2D eigenvalue weighted by Gasteiger charge is 2.40. The van der Waals surface area contributed by atoms with Crippen LogP contribution < -0.4 is 4.74 Å². The first-order valence-corrected chi connectivity index (χ1v) is 10.2. The second-order valence-electron chi connectivity index (χ2n) is 7.53. The number of aryl methyl sites for hydroxylation is 1. The van der Waals surface area contributed by atoms with Gasteiger partial charge in [0.1, 0.15) is 18.0 Å². The summed E-state index contributed by atoms with van der Waals surface area (Å²) in [5.41, 5.74) is 1.30. The lowest BCUT2D eigenvalue weighted by atomic mass is 10.0. The minimum atomic E-state index is -0.0422. The van der Waals surface area contributed by atoms with E-state index in [1.54, 1.807) is 0 Å². The number of hydrogen-bond acceptors (Lipinski definition) is 2. The molecule has 1 saturated heterocycles. The third-order valence-electron chi connectivity index (χ3n) is 4.86. The average Bonchev–Trinajstić information content (AvgIpc) is 3.36. The maximum Gasteiger partial charge on any atom is 0.123 e. The topological polar surface area (TPSA) is 21.8 Å². The Labute approximate surface area is 154 Å². The summed E-state index contributed by atoms with van der Waals surface area (Å²) in [6.45, 7) is 5.79. The standard InChI is InChI=1S/C23H36O2/c1-3-4-5-6-7-8-9-10-11-12-13-16-21-17-14-15-18-22(21)24-19-23(2)20-25-23/h4-5,14-15,17-18H,3,6-13,16,19-20H2,1-2H3/b5-4+. The van der Waals surface area contributed by atoms with Gasteiger partial charge in [-0.1, -0.05) is 69.4 Å². The van der Waals surface area contributed by atoms with Crippen molar-refractivity contribution in [1.29, 1.82) is 0 Å². The van der Waals surface area contributed by atoms with E-state index in [4.69, 9.17) is 9.47 Å². The molecule has 0 spiro atoms. The van der Waals surface area contributed by atoms with Crippen LogP contribution in [-0.4, -0.2) is 18.8 Å². The summed E-state index contributed by atoms with van der Waals surface area (Å²) in [7, 11) is 0. The number of benzene rings is 1. The first kappa shape index (κ1) is 20.0. The van der Waals surface area contributed by atoms with Gasteiger partial charge in [-0.25, -0.2) is 0 Å². The highest BCUT2D eigenvalue weighted by molar-refractivity contribution is 5.33. The molecule has 0 bridgehead atoms. The van der Waals surface area contributed by atoms with Crippen LogP contribution in [0, 0.1) is 0 Å². The molecule has 0 N–H and O–H groups in total. The van der Waals surface area contributed by atoms with Crippen LogP contribution in [0.1, 0.15) is 77.2 Å². The molecule has 2 nitrogen and oxygen atoms in total. The summed E-state index contributed by atoms with van der Waals surface area (Å²) in [6.07, 6.45) is 17.6. The van der Waals surface area contributed by atoms with Gasteiger partial charge >= 0.3 is 0 Å². The lowest BCUT2D eigenvalue weighted by Crippen LogP contribution is -2.17. The minimum absolute atomic E-state index is 0.0422. The number of unbranched alkanes of at least 4 members (excludes halogenated alkanes) is 7. The van der Waals surface area contributed by atoms with Crippen LogP contribution in [0.2, 0.25) is 0 Å². The van der Waals surface area contributed by atoms with Crippen molar-refractivity contribution in [3.8, 4) is 5.75 Å². The number of para-hydroxylation sites is 1. The average molecular weight is 345 g/mol. The van der Waals surface area contributed by atoms with Gasteiger partial charge in [-0.2, -0.15) is 0 Å². The molecule has 1 aromatic carbocycles. The third-order valence-corrected chi connectivity index (χ3v) is 4.86. The lowest BCUT2D eigenvalue weighted by molar-refractivity contribution is 0.201. The summed E-state index contributed by atoms with van der Waals surface area (Å²) < 4.78 is 11.4. The fourth-order valence-electron chi connectivity index (χ4n) is 3.03. The van der Waals surface area contributed by atoms with Gasteiger partial charge in [0, 0.05) is 0 Å². The molecule has 2 heteroatoms. The van der Waals surface area contributed by atoms with E-state index in [9.17, 15) is 0 Å². The van der Waals surface area contributed by atoms with E-state index in [0.29, 0.717) is 6.61 Å².